The number of aromatic nitrogens is 2. The molecule has 30 heavy (non-hydrogen) atoms. The normalized spacial score (nSPS) is 10.6. The first-order valence-corrected chi connectivity index (χ1v) is 9.58. The van der Waals surface area contributed by atoms with E-state index in [4.69, 9.17) is 9.26 Å². The van der Waals surface area contributed by atoms with Crippen molar-refractivity contribution in [2.24, 2.45) is 0 Å². The number of hydrogen-bond acceptors (Lipinski definition) is 5. The molecule has 6 nitrogen and oxygen atoms in total. The quantitative estimate of drug-likeness (QED) is 0.492. The van der Waals surface area contributed by atoms with Gasteiger partial charge < -0.3 is 14.6 Å². The first-order chi connectivity index (χ1) is 14.6. The number of amides is 1. The fraction of sp³-hybridized carbons (Fsp3) is 0.125. The van der Waals surface area contributed by atoms with Crippen LogP contribution in [0.4, 0.5) is 5.69 Å². The Labute approximate surface area is 174 Å². The summed E-state index contributed by atoms with van der Waals surface area (Å²) in [5.74, 6) is 1.11. The van der Waals surface area contributed by atoms with E-state index in [0.29, 0.717) is 23.0 Å². The SMILES string of the molecule is Cc1cccc(NC(=O)COc2ccccc2-c2noc(-c3ccccc3C)n2)c1. The maximum absolute atomic E-state index is 12.3. The number of ether oxygens (including phenoxy) is 1. The molecule has 6 heteroatoms. The average molecular weight is 399 g/mol. The highest BCUT2D eigenvalue weighted by Gasteiger charge is 2.16. The molecule has 0 fully saturated rings. The van der Waals surface area contributed by atoms with Crippen molar-refractivity contribution < 1.29 is 14.1 Å². The van der Waals surface area contributed by atoms with Crippen LogP contribution in [0.2, 0.25) is 0 Å². The van der Waals surface area contributed by atoms with Gasteiger partial charge in [-0.3, -0.25) is 4.79 Å². The number of benzene rings is 3. The fourth-order valence-corrected chi connectivity index (χ4v) is 3.10. The molecule has 0 radical (unpaired) electrons. The Morgan fingerprint density at radius 1 is 0.967 bits per heavy atom. The third-order valence-corrected chi connectivity index (χ3v) is 4.59. The molecular formula is C24H21N3O3. The molecule has 150 valence electrons. The van der Waals surface area contributed by atoms with Crippen LogP contribution in [0, 0.1) is 13.8 Å². The minimum Gasteiger partial charge on any atom is -0.483 e. The van der Waals surface area contributed by atoms with Gasteiger partial charge in [-0.2, -0.15) is 4.98 Å². The summed E-state index contributed by atoms with van der Waals surface area (Å²) in [6.45, 7) is 3.83. The van der Waals surface area contributed by atoms with Gasteiger partial charge in [0.1, 0.15) is 5.75 Å². The van der Waals surface area contributed by atoms with E-state index in [1.807, 2.05) is 80.6 Å². The van der Waals surface area contributed by atoms with E-state index in [2.05, 4.69) is 15.5 Å². The molecule has 0 aliphatic heterocycles. The van der Waals surface area contributed by atoms with Gasteiger partial charge >= 0.3 is 0 Å². The van der Waals surface area contributed by atoms with Crippen molar-refractivity contribution in [2.75, 3.05) is 11.9 Å². The second-order valence-corrected chi connectivity index (χ2v) is 6.94. The lowest BCUT2D eigenvalue weighted by Gasteiger charge is -2.10. The molecule has 0 saturated carbocycles. The highest BCUT2D eigenvalue weighted by molar-refractivity contribution is 5.92. The number of hydrogen-bond donors (Lipinski definition) is 1. The summed E-state index contributed by atoms with van der Waals surface area (Å²) < 4.78 is 11.2. The van der Waals surface area contributed by atoms with Gasteiger partial charge in [-0.15, -0.1) is 0 Å². The number of anilines is 1. The third kappa shape index (κ3) is 4.38. The average Bonchev–Trinajstić information content (AvgIpc) is 3.23. The van der Waals surface area contributed by atoms with Gasteiger partial charge in [0.05, 0.1) is 5.56 Å². The number of nitrogens with one attached hydrogen (secondary N) is 1. The van der Waals surface area contributed by atoms with E-state index >= 15 is 0 Å². The molecule has 4 rings (SSSR count). The smallest absolute Gasteiger partial charge is 0.262 e. The Morgan fingerprint density at radius 2 is 1.73 bits per heavy atom. The largest absolute Gasteiger partial charge is 0.483 e. The Hall–Kier alpha value is -3.93. The summed E-state index contributed by atoms with van der Waals surface area (Å²) in [7, 11) is 0. The van der Waals surface area contributed by atoms with Crippen LogP contribution in [0.15, 0.2) is 77.3 Å². The van der Waals surface area contributed by atoms with Crippen LogP contribution in [-0.2, 0) is 4.79 Å². The van der Waals surface area contributed by atoms with Crippen LogP contribution < -0.4 is 10.1 Å². The molecule has 0 aliphatic rings. The zero-order valence-corrected chi connectivity index (χ0v) is 16.8. The Balaban J connectivity index is 1.49. The molecule has 4 aromatic rings. The highest BCUT2D eigenvalue weighted by atomic mass is 16.5. The van der Waals surface area contributed by atoms with E-state index in [1.165, 1.54) is 0 Å². The first-order valence-electron chi connectivity index (χ1n) is 9.58. The molecule has 0 aliphatic carbocycles. The lowest BCUT2D eigenvalue weighted by molar-refractivity contribution is -0.118. The standard InChI is InChI=1S/C24H21N3O3/c1-16-8-7-10-18(14-16)25-22(28)15-29-21-13-6-5-12-20(21)23-26-24(30-27-23)19-11-4-3-9-17(19)2/h3-14H,15H2,1-2H3,(H,25,28). The molecule has 0 atom stereocenters. The second kappa shape index (κ2) is 8.61. The summed E-state index contributed by atoms with van der Waals surface area (Å²) >= 11 is 0. The molecule has 0 saturated heterocycles. The van der Waals surface area contributed by atoms with E-state index in [9.17, 15) is 4.79 Å². The van der Waals surface area contributed by atoms with Crippen LogP contribution in [0.3, 0.4) is 0 Å². The van der Waals surface area contributed by atoms with Crippen LogP contribution in [0.5, 0.6) is 5.75 Å². The number of carbonyl (C=O) groups excluding carboxylic acids is 1. The molecule has 0 unspecified atom stereocenters. The number of carbonyl (C=O) groups is 1. The van der Waals surface area contributed by atoms with Gasteiger partial charge in [-0.05, 0) is 55.3 Å². The van der Waals surface area contributed by atoms with E-state index in [-0.39, 0.29) is 12.5 Å². The molecule has 0 spiro atoms. The highest BCUT2D eigenvalue weighted by Crippen LogP contribution is 2.30. The monoisotopic (exact) mass is 399 g/mol. The number of para-hydroxylation sites is 1. The summed E-state index contributed by atoms with van der Waals surface area (Å²) in [4.78, 5) is 16.8. The van der Waals surface area contributed by atoms with Crippen molar-refractivity contribution >= 4 is 11.6 Å². The van der Waals surface area contributed by atoms with Crippen molar-refractivity contribution in [3.05, 3.63) is 83.9 Å². The van der Waals surface area contributed by atoms with Crippen molar-refractivity contribution in [1.29, 1.82) is 0 Å². The molecule has 1 heterocycles. The Kier molecular flexibility index (Phi) is 5.57. The lowest BCUT2D eigenvalue weighted by Crippen LogP contribution is -2.20. The second-order valence-electron chi connectivity index (χ2n) is 6.94. The van der Waals surface area contributed by atoms with Crippen LogP contribution in [-0.4, -0.2) is 22.7 Å². The molecule has 1 aromatic heterocycles. The third-order valence-electron chi connectivity index (χ3n) is 4.59. The maximum atomic E-state index is 12.3. The lowest BCUT2D eigenvalue weighted by atomic mass is 10.1. The Bertz CT molecular complexity index is 1180. The predicted molar refractivity (Wildman–Crippen MR) is 115 cm³/mol. The summed E-state index contributed by atoms with van der Waals surface area (Å²) in [5, 5.41) is 6.93. The Morgan fingerprint density at radius 3 is 2.53 bits per heavy atom. The van der Waals surface area contributed by atoms with Crippen molar-refractivity contribution in [2.45, 2.75) is 13.8 Å². The van der Waals surface area contributed by atoms with Crippen molar-refractivity contribution in [3.63, 3.8) is 0 Å². The van der Waals surface area contributed by atoms with Gasteiger partial charge in [-0.1, -0.05) is 47.6 Å². The van der Waals surface area contributed by atoms with E-state index in [0.717, 1.165) is 22.4 Å². The molecule has 0 bridgehead atoms. The molecule has 3 aromatic carbocycles. The van der Waals surface area contributed by atoms with Gasteiger partial charge in [0.25, 0.3) is 11.8 Å². The van der Waals surface area contributed by atoms with Crippen molar-refractivity contribution in [1.82, 2.24) is 10.1 Å². The zero-order chi connectivity index (χ0) is 20.9. The van der Waals surface area contributed by atoms with Crippen LogP contribution >= 0.6 is 0 Å². The zero-order valence-electron chi connectivity index (χ0n) is 16.8. The molecular weight excluding hydrogens is 378 g/mol. The van der Waals surface area contributed by atoms with Crippen molar-refractivity contribution in [3.8, 4) is 28.6 Å². The van der Waals surface area contributed by atoms with Gasteiger partial charge in [-0.25, -0.2) is 0 Å². The summed E-state index contributed by atoms with van der Waals surface area (Å²) in [5.41, 5.74) is 4.39. The minimum absolute atomic E-state index is 0.131. The summed E-state index contributed by atoms with van der Waals surface area (Å²) in [6, 6.07) is 22.7. The topological polar surface area (TPSA) is 77.2 Å². The molecule has 1 amide bonds. The predicted octanol–water partition coefficient (Wildman–Crippen LogP) is 5.04. The van der Waals surface area contributed by atoms with Crippen LogP contribution in [0.1, 0.15) is 11.1 Å². The summed E-state index contributed by atoms with van der Waals surface area (Å²) in [6.07, 6.45) is 0. The first kappa shape index (κ1) is 19.4. The van der Waals surface area contributed by atoms with Gasteiger partial charge in [0, 0.05) is 11.3 Å². The van der Waals surface area contributed by atoms with Gasteiger partial charge in [0.15, 0.2) is 6.61 Å². The number of nitrogens with zero attached hydrogens (tertiary/aromatic N) is 2. The fourth-order valence-electron chi connectivity index (χ4n) is 3.10. The van der Waals surface area contributed by atoms with Crippen LogP contribution in [0.25, 0.3) is 22.8 Å². The number of aryl methyl sites for hydroxylation is 2. The number of rotatable bonds is 6. The van der Waals surface area contributed by atoms with E-state index in [1.54, 1.807) is 6.07 Å². The minimum atomic E-state index is -0.246. The van der Waals surface area contributed by atoms with E-state index < -0.39 is 0 Å². The maximum Gasteiger partial charge on any atom is 0.262 e. The molecule has 1 N–H and O–H groups in total. The van der Waals surface area contributed by atoms with Gasteiger partial charge in [0.2, 0.25) is 5.82 Å².